The van der Waals surface area contributed by atoms with Crippen LogP contribution in [-0.4, -0.2) is 10.9 Å². The molecule has 3 heteroatoms. The van der Waals surface area contributed by atoms with Crippen molar-refractivity contribution < 1.29 is 14.3 Å². The molecule has 0 bridgehead atoms. The molecule has 0 saturated heterocycles. The molecule has 86 valence electrons. The Morgan fingerprint density at radius 3 is 2.65 bits per heavy atom. The SMILES string of the molecule is Cc1ccc(C(=O)/C=C/c2ccccc2O)o1. The highest BCUT2D eigenvalue weighted by atomic mass is 16.3. The molecule has 0 amide bonds. The van der Waals surface area contributed by atoms with Gasteiger partial charge >= 0.3 is 0 Å². The molecule has 3 nitrogen and oxygen atoms in total. The highest BCUT2D eigenvalue weighted by Gasteiger charge is 2.06. The van der Waals surface area contributed by atoms with E-state index in [4.69, 9.17) is 4.42 Å². The monoisotopic (exact) mass is 228 g/mol. The summed E-state index contributed by atoms with van der Waals surface area (Å²) in [6, 6.07) is 10.2. The molecule has 0 radical (unpaired) electrons. The van der Waals surface area contributed by atoms with E-state index in [0.717, 1.165) is 0 Å². The largest absolute Gasteiger partial charge is 0.507 e. The molecule has 0 atom stereocenters. The molecule has 0 aliphatic carbocycles. The summed E-state index contributed by atoms with van der Waals surface area (Å²) in [7, 11) is 0. The highest BCUT2D eigenvalue weighted by molar-refractivity contribution is 6.05. The second-order valence-corrected chi connectivity index (χ2v) is 3.67. The second-order valence-electron chi connectivity index (χ2n) is 3.67. The number of para-hydroxylation sites is 1. The topological polar surface area (TPSA) is 50.4 Å². The van der Waals surface area contributed by atoms with Gasteiger partial charge in [0, 0.05) is 5.56 Å². The van der Waals surface area contributed by atoms with E-state index in [0.29, 0.717) is 17.1 Å². The van der Waals surface area contributed by atoms with E-state index < -0.39 is 0 Å². The molecular weight excluding hydrogens is 216 g/mol. The lowest BCUT2D eigenvalue weighted by molar-refractivity contribution is 0.102. The van der Waals surface area contributed by atoms with Gasteiger partial charge in [0.15, 0.2) is 5.76 Å². The minimum absolute atomic E-state index is 0.146. The molecule has 2 rings (SSSR count). The van der Waals surface area contributed by atoms with E-state index in [1.54, 1.807) is 49.4 Å². The van der Waals surface area contributed by atoms with Gasteiger partial charge in [-0.3, -0.25) is 4.79 Å². The maximum absolute atomic E-state index is 11.7. The molecular formula is C14H12O3. The zero-order valence-corrected chi connectivity index (χ0v) is 9.38. The zero-order chi connectivity index (χ0) is 12.3. The van der Waals surface area contributed by atoms with Gasteiger partial charge in [-0.1, -0.05) is 18.2 Å². The quantitative estimate of drug-likeness (QED) is 0.648. The summed E-state index contributed by atoms with van der Waals surface area (Å²) in [5.74, 6) is 0.923. The van der Waals surface area contributed by atoms with Crippen LogP contribution in [0.2, 0.25) is 0 Å². The third kappa shape index (κ3) is 2.64. The van der Waals surface area contributed by atoms with Crippen LogP contribution < -0.4 is 0 Å². The summed E-state index contributed by atoms with van der Waals surface area (Å²) in [5.41, 5.74) is 0.601. The van der Waals surface area contributed by atoms with Crippen molar-refractivity contribution in [2.75, 3.05) is 0 Å². The number of phenols is 1. The number of rotatable bonds is 3. The Labute approximate surface area is 99.0 Å². The van der Waals surface area contributed by atoms with Crippen molar-refractivity contribution in [3.8, 4) is 5.75 Å². The van der Waals surface area contributed by atoms with Crippen LogP contribution in [0.15, 0.2) is 46.9 Å². The van der Waals surface area contributed by atoms with Crippen LogP contribution in [0, 0.1) is 6.92 Å². The third-order valence-corrected chi connectivity index (χ3v) is 2.33. The average molecular weight is 228 g/mol. The molecule has 1 N–H and O–H groups in total. The lowest BCUT2D eigenvalue weighted by atomic mass is 10.1. The molecule has 0 aliphatic rings. The highest BCUT2D eigenvalue weighted by Crippen LogP contribution is 2.17. The Bertz CT molecular complexity index is 564. The number of carbonyl (C=O) groups excluding carboxylic acids is 1. The van der Waals surface area contributed by atoms with Gasteiger partial charge < -0.3 is 9.52 Å². The normalized spacial score (nSPS) is 10.9. The summed E-state index contributed by atoms with van der Waals surface area (Å²) in [5, 5.41) is 9.51. The van der Waals surface area contributed by atoms with Crippen molar-refractivity contribution in [3.63, 3.8) is 0 Å². The van der Waals surface area contributed by atoms with Crippen molar-refractivity contribution in [2.45, 2.75) is 6.92 Å². The van der Waals surface area contributed by atoms with E-state index in [-0.39, 0.29) is 11.5 Å². The fraction of sp³-hybridized carbons (Fsp3) is 0.0714. The number of hydrogen-bond donors (Lipinski definition) is 1. The smallest absolute Gasteiger partial charge is 0.221 e. The van der Waals surface area contributed by atoms with Crippen LogP contribution in [-0.2, 0) is 0 Å². The summed E-state index contributed by atoms with van der Waals surface area (Å²) in [4.78, 5) is 11.7. The molecule has 0 unspecified atom stereocenters. The van der Waals surface area contributed by atoms with E-state index >= 15 is 0 Å². The van der Waals surface area contributed by atoms with Crippen LogP contribution in [0.4, 0.5) is 0 Å². The zero-order valence-electron chi connectivity index (χ0n) is 9.38. The second kappa shape index (κ2) is 4.70. The molecule has 17 heavy (non-hydrogen) atoms. The van der Waals surface area contributed by atoms with Crippen LogP contribution in [0.25, 0.3) is 6.08 Å². The van der Waals surface area contributed by atoms with Crippen LogP contribution in [0.3, 0.4) is 0 Å². The van der Waals surface area contributed by atoms with Gasteiger partial charge in [-0.2, -0.15) is 0 Å². The maximum Gasteiger partial charge on any atom is 0.221 e. The van der Waals surface area contributed by atoms with Crippen LogP contribution >= 0.6 is 0 Å². The average Bonchev–Trinajstić information content (AvgIpc) is 2.74. The molecule has 1 heterocycles. The van der Waals surface area contributed by atoms with Gasteiger partial charge in [-0.05, 0) is 37.3 Å². The van der Waals surface area contributed by atoms with Crippen molar-refractivity contribution in [1.29, 1.82) is 0 Å². The number of aromatic hydroxyl groups is 1. The van der Waals surface area contributed by atoms with Gasteiger partial charge in [-0.25, -0.2) is 0 Å². The van der Waals surface area contributed by atoms with Crippen molar-refractivity contribution in [3.05, 3.63) is 59.6 Å². The van der Waals surface area contributed by atoms with Crippen molar-refractivity contribution >= 4 is 11.9 Å². The molecule has 1 aromatic heterocycles. The molecule has 0 saturated carbocycles. The number of phenolic OH excluding ortho intramolecular Hbond substituents is 1. The summed E-state index contributed by atoms with van der Waals surface area (Å²) < 4.78 is 5.20. The van der Waals surface area contributed by atoms with Gasteiger partial charge in [0.05, 0.1) is 0 Å². The van der Waals surface area contributed by atoms with Crippen LogP contribution in [0.5, 0.6) is 5.75 Å². The summed E-state index contributed by atoms with van der Waals surface area (Å²) in [6.45, 7) is 1.78. The summed E-state index contributed by atoms with van der Waals surface area (Å²) >= 11 is 0. The Morgan fingerprint density at radius 2 is 2.00 bits per heavy atom. The fourth-order valence-corrected chi connectivity index (χ4v) is 1.44. The number of ketones is 1. The van der Waals surface area contributed by atoms with Crippen molar-refractivity contribution in [1.82, 2.24) is 0 Å². The van der Waals surface area contributed by atoms with Crippen LogP contribution in [0.1, 0.15) is 21.9 Å². The standard InChI is InChI=1S/C14H12O3/c1-10-6-9-14(17-10)13(16)8-7-11-4-2-3-5-12(11)15/h2-9,15H,1H3/b8-7+. The predicted octanol–water partition coefficient (Wildman–Crippen LogP) is 3.19. The Kier molecular flexibility index (Phi) is 3.10. The first-order valence-electron chi connectivity index (χ1n) is 5.23. The molecule has 2 aromatic rings. The fourth-order valence-electron chi connectivity index (χ4n) is 1.44. The van der Waals surface area contributed by atoms with E-state index in [1.165, 1.54) is 6.08 Å². The Morgan fingerprint density at radius 1 is 1.24 bits per heavy atom. The summed E-state index contributed by atoms with van der Waals surface area (Å²) in [6.07, 6.45) is 2.95. The van der Waals surface area contributed by atoms with Gasteiger partial charge in [0.2, 0.25) is 5.78 Å². The van der Waals surface area contributed by atoms with Crippen molar-refractivity contribution in [2.24, 2.45) is 0 Å². The first-order valence-corrected chi connectivity index (χ1v) is 5.23. The molecule has 0 fully saturated rings. The van der Waals surface area contributed by atoms with Gasteiger partial charge in [0.1, 0.15) is 11.5 Å². The van der Waals surface area contributed by atoms with E-state index in [1.807, 2.05) is 0 Å². The first kappa shape index (κ1) is 11.2. The number of allylic oxidation sites excluding steroid dienone is 1. The predicted molar refractivity (Wildman–Crippen MR) is 64.9 cm³/mol. The number of benzene rings is 1. The van der Waals surface area contributed by atoms with Gasteiger partial charge in [-0.15, -0.1) is 0 Å². The maximum atomic E-state index is 11.7. The Balaban J connectivity index is 2.17. The Hall–Kier alpha value is -2.29. The lowest BCUT2D eigenvalue weighted by Gasteiger charge is -1.96. The number of furan rings is 1. The van der Waals surface area contributed by atoms with E-state index in [9.17, 15) is 9.90 Å². The lowest BCUT2D eigenvalue weighted by Crippen LogP contribution is -1.90. The number of carbonyl (C=O) groups is 1. The van der Waals surface area contributed by atoms with E-state index in [2.05, 4.69) is 0 Å². The third-order valence-electron chi connectivity index (χ3n) is 2.33. The first-order chi connectivity index (χ1) is 8.16. The molecule has 0 spiro atoms. The minimum Gasteiger partial charge on any atom is -0.507 e. The van der Waals surface area contributed by atoms with Gasteiger partial charge in [0.25, 0.3) is 0 Å². The minimum atomic E-state index is -0.221. The molecule has 0 aliphatic heterocycles. The number of hydrogen-bond acceptors (Lipinski definition) is 3. The molecule has 1 aromatic carbocycles. The number of aryl methyl sites for hydroxylation is 1.